The second-order valence-electron chi connectivity index (χ2n) is 3.75. The molecule has 1 unspecified atom stereocenters. The highest BCUT2D eigenvalue weighted by Crippen LogP contribution is 2.25. The van der Waals surface area contributed by atoms with Gasteiger partial charge in [0.1, 0.15) is 16.9 Å². The van der Waals surface area contributed by atoms with Crippen molar-refractivity contribution in [2.75, 3.05) is 5.32 Å². The van der Waals surface area contributed by atoms with Crippen molar-refractivity contribution in [2.24, 2.45) is 0 Å². The molecule has 90 valence electrons. The molecule has 1 N–H and O–H groups in total. The average molecular weight is 259 g/mol. The first-order valence-electron chi connectivity index (χ1n) is 5.44. The minimum Gasteiger partial charge on any atom is -0.361 e. The summed E-state index contributed by atoms with van der Waals surface area (Å²) in [5, 5.41) is 12.4. The molecule has 0 aliphatic rings. The lowest BCUT2D eigenvalue weighted by Crippen LogP contribution is -2.10. The van der Waals surface area contributed by atoms with Gasteiger partial charge in [-0.2, -0.15) is 5.26 Å². The van der Waals surface area contributed by atoms with E-state index in [2.05, 4.69) is 15.3 Å². The maximum Gasteiger partial charge on any atom is 0.146 e. The number of nitrogens with one attached hydrogen (secondary N) is 1. The maximum atomic E-state index is 8.89. The molecule has 18 heavy (non-hydrogen) atoms. The number of anilines is 1. The van der Waals surface area contributed by atoms with E-state index < -0.39 is 0 Å². The molecule has 4 nitrogen and oxygen atoms in total. The average Bonchev–Trinajstić information content (AvgIpc) is 2.42. The van der Waals surface area contributed by atoms with E-state index in [4.69, 9.17) is 16.9 Å². The van der Waals surface area contributed by atoms with Crippen molar-refractivity contribution in [3.05, 3.63) is 52.9 Å². The fourth-order valence-electron chi connectivity index (χ4n) is 1.54. The number of hydrogen-bond acceptors (Lipinski definition) is 4. The Balaban J connectivity index is 2.23. The number of rotatable bonds is 3. The molecule has 0 aromatic carbocycles. The van der Waals surface area contributed by atoms with Crippen molar-refractivity contribution in [3.8, 4) is 6.07 Å². The SMILES string of the molecule is CC(Nc1nccc(C#N)c1Cl)c1ccccn1. The molecule has 5 heteroatoms. The van der Waals surface area contributed by atoms with Crippen LogP contribution in [0.4, 0.5) is 5.82 Å². The van der Waals surface area contributed by atoms with Crippen molar-refractivity contribution >= 4 is 17.4 Å². The van der Waals surface area contributed by atoms with Crippen LogP contribution in [0, 0.1) is 11.3 Å². The third-order valence-corrected chi connectivity index (χ3v) is 2.88. The Labute approximate surface area is 110 Å². The highest BCUT2D eigenvalue weighted by molar-refractivity contribution is 6.34. The van der Waals surface area contributed by atoms with Crippen molar-refractivity contribution in [2.45, 2.75) is 13.0 Å². The molecule has 2 rings (SSSR count). The third kappa shape index (κ3) is 2.58. The molecule has 0 spiro atoms. The van der Waals surface area contributed by atoms with E-state index in [0.717, 1.165) is 5.69 Å². The quantitative estimate of drug-likeness (QED) is 0.919. The maximum absolute atomic E-state index is 8.89. The number of nitrogens with zero attached hydrogens (tertiary/aromatic N) is 3. The van der Waals surface area contributed by atoms with E-state index in [1.54, 1.807) is 18.5 Å². The largest absolute Gasteiger partial charge is 0.361 e. The number of hydrogen-bond donors (Lipinski definition) is 1. The first kappa shape index (κ1) is 12.3. The molecule has 2 heterocycles. The van der Waals surface area contributed by atoms with Gasteiger partial charge in [0.25, 0.3) is 0 Å². The summed E-state index contributed by atoms with van der Waals surface area (Å²) in [4.78, 5) is 8.38. The fourth-order valence-corrected chi connectivity index (χ4v) is 1.75. The number of nitriles is 1. The van der Waals surface area contributed by atoms with Crippen molar-refractivity contribution in [3.63, 3.8) is 0 Å². The summed E-state index contributed by atoms with van der Waals surface area (Å²) in [5.74, 6) is 0.494. The normalized spacial score (nSPS) is 11.6. The van der Waals surface area contributed by atoms with Crippen LogP contribution in [0.5, 0.6) is 0 Å². The Morgan fingerprint density at radius 2 is 2.11 bits per heavy atom. The lowest BCUT2D eigenvalue weighted by Gasteiger charge is -2.15. The van der Waals surface area contributed by atoms with Crippen LogP contribution >= 0.6 is 11.6 Å². The highest BCUT2D eigenvalue weighted by Gasteiger charge is 2.11. The Hall–Kier alpha value is -2.12. The Morgan fingerprint density at radius 1 is 1.28 bits per heavy atom. The van der Waals surface area contributed by atoms with Crippen molar-refractivity contribution in [1.82, 2.24) is 9.97 Å². The Morgan fingerprint density at radius 3 is 2.78 bits per heavy atom. The summed E-state index contributed by atoms with van der Waals surface area (Å²) in [7, 11) is 0. The zero-order valence-corrected chi connectivity index (χ0v) is 10.5. The van der Waals surface area contributed by atoms with E-state index in [9.17, 15) is 0 Å². The van der Waals surface area contributed by atoms with Crippen LogP contribution in [0.15, 0.2) is 36.7 Å². The minimum atomic E-state index is -0.0369. The molecule has 1 atom stereocenters. The Kier molecular flexibility index (Phi) is 3.75. The summed E-state index contributed by atoms with van der Waals surface area (Å²) in [6.45, 7) is 1.96. The fraction of sp³-hybridized carbons (Fsp3) is 0.154. The molecule has 0 aliphatic carbocycles. The van der Waals surface area contributed by atoms with Gasteiger partial charge in [0.05, 0.1) is 17.3 Å². The summed E-state index contributed by atoms with van der Waals surface area (Å²) in [5.41, 5.74) is 1.29. The first-order valence-corrected chi connectivity index (χ1v) is 5.82. The van der Waals surface area contributed by atoms with E-state index in [1.807, 2.05) is 31.2 Å². The van der Waals surface area contributed by atoms with E-state index in [0.29, 0.717) is 16.4 Å². The molecule has 0 bridgehead atoms. The van der Waals surface area contributed by atoms with Crippen LogP contribution in [0.3, 0.4) is 0 Å². The Bertz CT molecular complexity index is 577. The molecular formula is C13H11ClN4. The molecule has 0 amide bonds. The lowest BCUT2D eigenvalue weighted by molar-refractivity contribution is 0.832. The van der Waals surface area contributed by atoms with Crippen LogP contribution < -0.4 is 5.32 Å². The molecule has 0 radical (unpaired) electrons. The van der Waals surface area contributed by atoms with Gasteiger partial charge >= 0.3 is 0 Å². The number of halogens is 1. The molecule has 0 saturated heterocycles. The van der Waals surface area contributed by atoms with Gasteiger partial charge in [-0.05, 0) is 25.1 Å². The monoisotopic (exact) mass is 258 g/mol. The second kappa shape index (κ2) is 5.48. The van der Waals surface area contributed by atoms with Crippen molar-refractivity contribution in [1.29, 1.82) is 5.26 Å². The summed E-state index contributed by atoms with van der Waals surface area (Å²) >= 11 is 6.07. The highest BCUT2D eigenvalue weighted by atomic mass is 35.5. The molecule has 2 aromatic rings. The standard InChI is InChI=1S/C13H11ClN4/c1-9(11-4-2-3-6-16-11)18-13-12(14)10(8-15)5-7-17-13/h2-7,9H,1H3,(H,17,18). The van der Waals surface area contributed by atoms with Gasteiger partial charge in [-0.1, -0.05) is 17.7 Å². The van der Waals surface area contributed by atoms with E-state index in [1.165, 1.54) is 0 Å². The van der Waals surface area contributed by atoms with E-state index >= 15 is 0 Å². The number of pyridine rings is 2. The topological polar surface area (TPSA) is 61.6 Å². The van der Waals surface area contributed by atoms with Crippen LogP contribution in [-0.2, 0) is 0 Å². The van der Waals surface area contributed by atoms with Crippen LogP contribution in [0.25, 0.3) is 0 Å². The van der Waals surface area contributed by atoms with Gasteiger partial charge in [-0.3, -0.25) is 4.98 Å². The van der Waals surface area contributed by atoms with Gasteiger partial charge in [-0.25, -0.2) is 4.98 Å². The van der Waals surface area contributed by atoms with Crippen LogP contribution in [0.2, 0.25) is 5.02 Å². The molecule has 0 saturated carbocycles. The lowest BCUT2D eigenvalue weighted by atomic mass is 10.2. The predicted octanol–water partition coefficient (Wildman–Crippen LogP) is 3.17. The third-order valence-electron chi connectivity index (χ3n) is 2.49. The minimum absolute atomic E-state index is 0.0369. The van der Waals surface area contributed by atoms with E-state index in [-0.39, 0.29) is 6.04 Å². The van der Waals surface area contributed by atoms with Gasteiger partial charge in [0.2, 0.25) is 0 Å². The van der Waals surface area contributed by atoms with Gasteiger partial charge in [0, 0.05) is 12.4 Å². The second-order valence-corrected chi connectivity index (χ2v) is 4.13. The first-order chi connectivity index (χ1) is 8.72. The van der Waals surface area contributed by atoms with Gasteiger partial charge in [-0.15, -0.1) is 0 Å². The molecule has 0 aliphatic heterocycles. The van der Waals surface area contributed by atoms with Gasteiger partial charge in [0.15, 0.2) is 0 Å². The van der Waals surface area contributed by atoms with Gasteiger partial charge < -0.3 is 5.32 Å². The zero-order chi connectivity index (χ0) is 13.0. The predicted molar refractivity (Wildman–Crippen MR) is 70.2 cm³/mol. The molecule has 0 fully saturated rings. The van der Waals surface area contributed by atoms with Crippen LogP contribution in [-0.4, -0.2) is 9.97 Å². The number of aromatic nitrogens is 2. The molecular weight excluding hydrogens is 248 g/mol. The smallest absolute Gasteiger partial charge is 0.146 e. The van der Waals surface area contributed by atoms with Crippen molar-refractivity contribution < 1.29 is 0 Å². The van der Waals surface area contributed by atoms with Crippen LogP contribution in [0.1, 0.15) is 24.2 Å². The summed E-state index contributed by atoms with van der Waals surface area (Å²) in [6, 6.07) is 9.26. The zero-order valence-electron chi connectivity index (χ0n) is 9.76. The summed E-state index contributed by atoms with van der Waals surface area (Å²) in [6.07, 6.45) is 3.28. The molecule has 2 aromatic heterocycles. The summed E-state index contributed by atoms with van der Waals surface area (Å²) < 4.78 is 0.